The van der Waals surface area contributed by atoms with Crippen molar-refractivity contribution < 1.29 is 18.0 Å². The number of hydrogen-bond acceptors (Lipinski definition) is 4. The monoisotopic (exact) mass is 401 g/mol. The number of hydrogen-bond donors (Lipinski definition) is 2. The molecule has 0 atom stereocenters. The predicted molar refractivity (Wildman–Crippen MR) is 104 cm³/mol. The van der Waals surface area contributed by atoms with Crippen molar-refractivity contribution in [2.45, 2.75) is 20.0 Å². The van der Waals surface area contributed by atoms with Crippen molar-refractivity contribution >= 4 is 17.9 Å². The van der Waals surface area contributed by atoms with Crippen molar-refractivity contribution in [3.8, 4) is 0 Å². The van der Waals surface area contributed by atoms with Crippen molar-refractivity contribution in [2.24, 2.45) is 5.10 Å². The first-order chi connectivity index (χ1) is 13.8. The van der Waals surface area contributed by atoms with E-state index in [2.05, 4.69) is 20.9 Å². The molecule has 29 heavy (non-hydrogen) atoms. The second-order valence-electron chi connectivity index (χ2n) is 6.27. The number of nitrogens with zero attached hydrogens (tertiary/aromatic N) is 3. The summed E-state index contributed by atoms with van der Waals surface area (Å²) >= 11 is 0. The Bertz CT molecular complexity index is 1020. The first kappa shape index (κ1) is 20.1. The van der Waals surface area contributed by atoms with E-state index in [-0.39, 0.29) is 11.7 Å². The number of rotatable bonds is 5. The lowest BCUT2D eigenvalue weighted by Crippen LogP contribution is -2.24. The minimum absolute atomic E-state index is 0.181. The van der Waals surface area contributed by atoms with Crippen LogP contribution in [0.15, 0.2) is 59.8 Å². The molecule has 0 aliphatic carbocycles. The van der Waals surface area contributed by atoms with Crippen LogP contribution in [0.5, 0.6) is 0 Å². The van der Waals surface area contributed by atoms with Gasteiger partial charge in [-0.3, -0.25) is 20.3 Å². The van der Waals surface area contributed by atoms with Gasteiger partial charge in [0.05, 0.1) is 11.8 Å². The molecule has 0 aliphatic rings. The predicted octanol–water partition coefficient (Wildman–Crippen LogP) is 4.35. The summed E-state index contributed by atoms with van der Waals surface area (Å²) in [5.41, 5.74) is 7.38. The van der Waals surface area contributed by atoms with Gasteiger partial charge in [-0.25, -0.2) is 4.98 Å². The van der Waals surface area contributed by atoms with Crippen LogP contribution in [0.4, 0.5) is 19.0 Å². The van der Waals surface area contributed by atoms with Gasteiger partial charge >= 0.3 is 6.18 Å². The molecule has 0 unspecified atom stereocenters. The molecule has 6 nitrogen and oxygen atoms in total. The molecule has 1 aromatic carbocycles. The Labute approximate surface area is 165 Å². The summed E-state index contributed by atoms with van der Waals surface area (Å²) in [5.74, 6) is -0.0663. The highest BCUT2D eigenvalue weighted by molar-refractivity contribution is 6.00. The van der Waals surface area contributed by atoms with Gasteiger partial charge in [0.25, 0.3) is 5.91 Å². The van der Waals surface area contributed by atoms with Gasteiger partial charge in [0.15, 0.2) is 0 Å². The fraction of sp³-hybridized carbons (Fsp3) is 0.150. The summed E-state index contributed by atoms with van der Waals surface area (Å²) < 4.78 is 39.3. The topological polar surface area (TPSA) is 71.3 Å². The van der Waals surface area contributed by atoms with Crippen LogP contribution in [0.25, 0.3) is 0 Å². The molecule has 0 saturated heterocycles. The van der Waals surface area contributed by atoms with E-state index in [9.17, 15) is 18.0 Å². The van der Waals surface area contributed by atoms with E-state index < -0.39 is 11.7 Å². The molecule has 0 saturated carbocycles. The largest absolute Gasteiger partial charge is 0.417 e. The number of halogens is 3. The summed E-state index contributed by atoms with van der Waals surface area (Å²) in [4.78, 5) is 16.0. The van der Waals surface area contributed by atoms with Crippen LogP contribution in [0.3, 0.4) is 0 Å². The third-order valence-electron chi connectivity index (χ3n) is 4.19. The second-order valence-corrected chi connectivity index (χ2v) is 6.27. The van der Waals surface area contributed by atoms with E-state index in [1.807, 2.05) is 26.0 Å². The number of carbonyl (C=O) groups is 1. The molecular weight excluding hydrogens is 383 g/mol. The number of carbonyl (C=O) groups excluding carboxylic acids is 1. The molecular formula is C20H18F3N5O. The Balaban J connectivity index is 1.69. The van der Waals surface area contributed by atoms with Gasteiger partial charge < -0.3 is 0 Å². The zero-order valence-electron chi connectivity index (χ0n) is 15.7. The first-order valence-electron chi connectivity index (χ1n) is 8.63. The molecule has 1 amide bonds. The molecule has 2 N–H and O–H groups in total. The zero-order valence-corrected chi connectivity index (χ0v) is 15.7. The Morgan fingerprint density at radius 1 is 1.14 bits per heavy atom. The van der Waals surface area contributed by atoms with E-state index in [1.54, 1.807) is 28.9 Å². The molecule has 0 spiro atoms. The first-order valence-corrected chi connectivity index (χ1v) is 8.63. The van der Waals surface area contributed by atoms with Gasteiger partial charge in [0.2, 0.25) is 0 Å². The Morgan fingerprint density at radius 3 is 2.48 bits per heavy atom. The summed E-state index contributed by atoms with van der Waals surface area (Å²) in [6.07, 6.45) is -2.19. The van der Waals surface area contributed by atoms with E-state index in [1.165, 1.54) is 12.3 Å². The second kappa shape index (κ2) is 8.17. The number of hydrazone groups is 1. The number of aryl methyl sites for hydroxylation is 1. The quantitative estimate of drug-likeness (QED) is 0.493. The molecule has 2 heterocycles. The molecule has 9 heteroatoms. The fourth-order valence-corrected chi connectivity index (χ4v) is 2.64. The Kier molecular flexibility index (Phi) is 5.67. The summed E-state index contributed by atoms with van der Waals surface area (Å²) in [6.45, 7) is 3.65. The highest BCUT2D eigenvalue weighted by atomic mass is 19.4. The molecule has 0 bridgehead atoms. The van der Waals surface area contributed by atoms with E-state index >= 15 is 0 Å². The third kappa shape index (κ3) is 4.81. The molecule has 0 radical (unpaired) electrons. The van der Waals surface area contributed by atoms with Gasteiger partial charge in [-0.05, 0) is 44.2 Å². The number of aromatic nitrogens is 2. The van der Waals surface area contributed by atoms with Crippen molar-refractivity contribution in [2.75, 3.05) is 10.9 Å². The summed E-state index contributed by atoms with van der Waals surface area (Å²) in [7, 11) is 0. The van der Waals surface area contributed by atoms with Crippen LogP contribution < -0.4 is 10.9 Å². The molecule has 0 fully saturated rings. The lowest BCUT2D eigenvalue weighted by Gasteiger charge is -2.11. The van der Waals surface area contributed by atoms with Gasteiger partial charge in [0.1, 0.15) is 5.82 Å². The fourth-order valence-electron chi connectivity index (χ4n) is 2.64. The van der Waals surface area contributed by atoms with Crippen molar-refractivity contribution in [3.05, 3.63) is 82.8 Å². The van der Waals surface area contributed by atoms with Crippen LogP contribution in [0, 0.1) is 13.8 Å². The lowest BCUT2D eigenvalue weighted by atomic mass is 10.2. The van der Waals surface area contributed by atoms with Crippen LogP contribution >= 0.6 is 0 Å². The number of anilines is 1. The van der Waals surface area contributed by atoms with Crippen LogP contribution in [0.1, 0.15) is 32.9 Å². The molecule has 3 rings (SSSR count). The maximum absolute atomic E-state index is 12.6. The lowest BCUT2D eigenvalue weighted by molar-refractivity contribution is -0.137. The van der Waals surface area contributed by atoms with Crippen molar-refractivity contribution in [1.82, 2.24) is 9.66 Å². The summed E-state index contributed by atoms with van der Waals surface area (Å²) in [5, 5.41) is 4.01. The number of pyridine rings is 1. The van der Waals surface area contributed by atoms with Crippen LogP contribution in [-0.2, 0) is 6.18 Å². The van der Waals surface area contributed by atoms with E-state index in [0.29, 0.717) is 5.56 Å². The number of amides is 1. The van der Waals surface area contributed by atoms with E-state index in [4.69, 9.17) is 0 Å². The van der Waals surface area contributed by atoms with Gasteiger partial charge in [-0.2, -0.15) is 18.3 Å². The minimum atomic E-state index is -4.43. The number of nitrogens with one attached hydrogen (secondary N) is 2. The molecule has 2 aromatic heterocycles. The minimum Gasteiger partial charge on any atom is -0.267 e. The van der Waals surface area contributed by atoms with Crippen molar-refractivity contribution in [3.63, 3.8) is 0 Å². The Hall–Kier alpha value is -3.62. The maximum atomic E-state index is 12.6. The van der Waals surface area contributed by atoms with Crippen LogP contribution in [0.2, 0.25) is 0 Å². The third-order valence-corrected chi connectivity index (χ3v) is 4.19. The average molecular weight is 401 g/mol. The van der Waals surface area contributed by atoms with Gasteiger partial charge in [-0.1, -0.05) is 18.2 Å². The highest BCUT2D eigenvalue weighted by Gasteiger charge is 2.30. The van der Waals surface area contributed by atoms with Crippen molar-refractivity contribution in [1.29, 1.82) is 0 Å². The standard InChI is InChI=1S/C20H18F3N5O/c1-13-10-16(11-25-26-18-9-8-17(12-24-18)20(21,22)23)14(2)28(13)27-19(29)15-6-4-3-5-7-15/h3-12H,1-2H3,(H,24,26)(H,27,29)/b25-11+. The highest BCUT2D eigenvalue weighted by Crippen LogP contribution is 2.28. The average Bonchev–Trinajstić information content (AvgIpc) is 2.96. The van der Waals surface area contributed by atoms with E-state index in [0.717, 1.165) is 29.2 Å². The zero-order chi connectivity index (χ0) is 21.0. The normalized spacial score (nSPS) is 11.6. The van der Waals surface area contributed by atoms with Gasteiger partial charge in [-0.15, -0.1) is 0 Å². The molecule has 3 aromatic rings. The number of benzene rings is 1. The maximum Gasteiger partial charge on any atom is 0.417 e. The molecule has 150 valence electrons. The van der Waals surface area contributed by atoms with Gasteiger partial charge in [0, 0.05) is 28.7 Å². The molecule has 0 aliphatic heterocycles. The summed E-state index contributed by atoms with van der Waals surface area (Å²) in [6, 6.07) is 12.8. The smallest absolute Gasteiger partial charge is 0.267 e. The number of alkyl halides is 3. The Morgan fingerprint density at radius 2 is 1.86 bits per heavy atom. The van der Waals surface area contributed by atoms with Crippen LogP contribution in [-0.4, -0.2) is 21.8 Å². The SMILES string of the molecule is Cc1cc(/C=N/Nc2ccc(C(F)(F)F)cn2)c(C)n1NC(=O)c1ccccc1.